The molecule has 1 aromatic rings. The van der Waals surface area contributed by atoms with E-state index in [2.05, 4.69) is 54.9 Å². The Morgan fingerprint density at radius 3 is 2.44 bits per heavy atom. The summed E-state index contributed by atoms with van der Waals surface area (Å²) in [5, 5.41) is 0. The van der Waals surface area contributed by atoms with E-state index in [0.717, 1.165) is 10.9 Å². The molecule has 1 aliphatic rings. The van der Waals surface area contributed by atoms with Crippen molar-refractivity contribution in [2.24, 2.45) is 0 Å². The minimum Gasteiger partial charge on any atom is -0.374 e. The van der Waals surface area contributed by atoms with Gasteiger partial charge in [0.25, 0.3) is 0 Å². The van der Waals surface area contributed by atoms with Crippen molar-refractivity contribution in [2.45, 2.75) is 44.6 Å². The van der Waals surface area contributed by atoms with Crippen LogP contribution in [-0.2, 0) is 15.8 Å². The molecule has 0 amide bonds. The fourth-order valence-corrected chi connectivity index (χ4v) is 2.94. The number of hydrogen-bond acceptors (Lipinski definition) is 1. The van der Waals surface area contributed by atoms with Crippen molar-refractivity contribution in [3.05, 3.63) is 33.8 Å². The monoisotopic (exact) mass is 282 g/mol. The zero-order valence-electron chi connectivity index (χ0n) is 10.4. The van der Waals surface area contributed by atoms with Crippen LogP contribution in [-0.4, -0.2) is 7.11 Å². The lowest BCUT2D eigenvalue weighted by molar-refractivity contribution is -0.0202. The molecule has 0 aliphatic heterocycles. The third-order valence-electron chi connectivity index (χ3n) is 3.96. The summed E-state index contributed by atoms with van der Waals surface area (Å²) >= 11 is 3.55. The molecule has 0 saturated heterocycles. The van der Waals surface area contributed by atoms with Crippen LogP contribution in [0.25, 0.3) is 0 Å². The van der Waals surface area contributed by atoms with Crippen LogP contribution in [0.4, 0.5) is 0 Å². The number of fused-ring (bicyclic) bond motifs is 1. The lowest BCUT2D eigenvalue weighted by atomic mass is 9.67. The van der Waals surface area contributed by atoms with E-state index >= 15 is 0 Å². The van der Waals surface area contributed by atoms with Gasteiger partial charge in [0.1, 0.15) is 0 Å². The van der Waals surface area contributed by atoms with Crippen LogP contribution in [0.3, 0.4) is 0 Å². The van der Waals surface area contributed by atoms with E-state index in [1.807, 2.05) is 7.11 Å². The molecule has 1 nitrogen and oxygen atoms in total. The molecule has 16 heavy (non-hydrogen) atoms. The Kier molecular flexibility index (Phi) is 2.92. The third-order valence-corrected chi connectivity index (χ3v) is 4.45. The first-order valence-corrected chi connectivity index (χ1v) is 6.54. The van der Waals surface area contributed by atoms with E-state index in [9.17, 15) is 0 Å². The molecule has 0 saturated carbocycles. The van der Waals surface area contributed by atoms with Gasteiger partial charge in [-0.15, -0.1) is 0 Å². The van der Waals surface area contributed by atoms with Gasteiger partial charge in [0.2, 0.25) is 0 Å². The quantitative estimate of drug-likeness (QED) is 0.743. The summed E-state index contributed by atoms with van der Waals surface area (Å²) in [4.78, 5) is 0. The third kappa shape index (κ3) is 1.82. The Morgan fingerprint density at radius 2 is 1.81 bits per heavy atom. The van der Waals surface area contributed by atoms with Crippen LogP contribution >= 0.6 is 15.9 Å². The van der Waals surface area contributed by atoms with Crippen molar-refractivity contribution < 1.29 is 4.74 Å². The lowest BCUT2D eigenvalue weighted by Crippen LogP contribution is -2.36. The molecule has 88 valence electrons. The standard InChI is InChI=1S/C14H19BrO/c1-13(2)7-8-14(3,16-4)12-9-10(15)5-6-11(12)13/h5-6,9H,7-8H2,1-4H3. The second-order valence-corrected chi connectivity index (χ2v) is 6.42. The number of hydrogen-bond donors (Lipinski definition) is 0. The molecule has 0 heterocycles. The van der Waals surface area contributed by atoms with Gasteiger partial charge in [-0.3, -0.25) is 0 Å². The van der Waals surface area contributed by atoms with E-state index in [1.165, 1.54) is 17.5 Å². The highest BCUT2D eigenvalue weighted by atomic mass is 79.9. The molecule has 0 fully saturated rings. The van der Waals surface area contributed by atoms with Gasteiger partial charge in [0.15, 0.2) is 0 Å². The first-order valence-electron chi connectivity index (χ1n) is 5.75. The molecule has 1 aliphatic carbocycles. The summed E-state index contributed by atoms with van der Waals surface area (Å²) in [6.07, 6.45) is 2.26. The normalized spacial score (nSPS) is 27.6. The van der Waals surface area contributed by atoms with Crippen LogP contribution < -0.4 is 0 Å². The summed E-state index contributed by atoms with van der Waals surface area (Å²) in [5.41, 5.74) is 2.88. The average Bonchev–Trinajstić information content (AvgIpc) is 2.24. The average molecular weight is 283 g/mol. The highest BCUT2D eigenvalue weighted by molar-refractivity contribution is 9.10. The minimum absolute atomic E-state index is 0.130. The zero-order chi connectivity index (χ0) is 12.0. The highest BCUT2D eigenvalue weighted by Crippen LogP contribution is 2.46. The van der Waals surface area contributed by atoms with E-state index in [1.54, 1.807) is 0 Å². The van der Waals surface area contributed by atoms with Crippen LogP contribution in [0.1, 0.15) is 44.7 Å². The molecule has 1 atom stereocenters. The largest absolute Gasteiger partial charge is 0.374 e. The van der Waals surface area contributed by atoms with Crippen molar-refractivity contribution in [3.63, 3.8) is 0 Å². The zero-order valence-corrected chi connectivity index (χ0v) is 12.0. The van der Waals surface area contributed by atoms with Crippen molar-refractivity contribution >= 4 is 15.9 Å². The van der Waals surface area contributed by atoms with Crippen LogP contribution in [0.2, 0.25) is 0 Å². The fraction of sp³-hybridized carbons (Fsp3) is 0.571. The predicted octanol–water partition coefficient (Wildman–Crippen LogP) is 4.38. The highest BCUT2D eigenvalue weighted by Gasteiger charge is 2.39. The summed E-state index contributed by atoms with van der Waals surface area (Å²) < 4.78 is 6.86. The second kappa shape index (κ2) is 3.85. The summed E-state index contributed by atoms with van der Waals surface area (Å²) in [6.45, 7) is 6.82. The molecule has 0 aromatic heterocycles. The maximum atomic E-state index is 5.73. The van der Waals surface area contributed by atoms with Gasteiger partial charge in [-0.2, -0.15) is 0 Å². The summed E-state index contributed by atoms with van der Waals surface area (Å²) in [6, 6.07) is 6.57. The molecular formula is C14H19BrO. The molecule has 1 unspecified atom stereocenters. The second-order valence-electron chi connectivity index (χ2n) is 5.51. The van der Waals surface area contributed by atoms with Gasteiger partial charge in [0, 0.05) is 11.6 Å². The number of rotatable bonds is 1. The molecule has 0 N–H and O–H groups in total. The molecule has 0 bridgehead atoms. The lowest BCUT2D eigenvalue weighted by Gasteiger charge is -2.42. The summed E-state index contributed by atoms with van der Waals surface area (Å²) in [5.74, 6) is 0. The van der Waals surface area contributed by atoms with Crippen LogP contribution in [0.15, 0.2) is 22.7 Å². The number of benzene rings is 1. The maximum absolute atomic E-state index is 5.73. The number of methoxy groups -OCH3 is 1. The predicted molar refractivity (Wildman–Crippen MR) is 70.8 cm³/mol. The van der Waals surface area contributed by atoms with Gasteiger partial charge < -0.3 is 4.74 Å². The van der Waals surface area contributed by atoms with Crippen molar-refractivity contribution in [2.75, 3.05) is 7.11 Å². The van der Waals surface area contributed by atoms with E-state index in [4.69, 9.17) is 4.74 Å². The van der Waals surface area contributed by atoms with Crippen molar-refractivity contribution in [1.82, 2.24) is 0 Å². The SMILES string of the molecule is COC1(C)CCC(C)(C)c2ccc(Br)cc21. The fourth-order valence-electron chi connectivity index (χ4n) is 2.58. The molecule has 2 rings (SSSR count). The van der Waals surface area contributed by atoms with Gasteiger partial charge in [-0.1, -0.05) is 35.8 Å². The Bertz CT molecular complexity index is 411. The topological polar surface area (TPSA) is 9.23 Å². The molecule has 1 aromatic carbocycles. The van der Waals surface area contributed by atoms with Gasteiger partial charge in [-0.25, -0.2) is 0 Å². The van der Waals surface area contributed by atoms with Gasteiger partial charge in [-0.05, 0) is 48.4 Å². The van der Waals surface area contributed by atoms with Crippen LogP contribution in [0.5, 0.6) is 0 Å². The Balaban J connectivity index is 2.63. The smallest absolute Gasteiger partial charge is 0.0903 e. The minimum atomic E-state index is -0.130. The first-order chi connectivity index (χ1) is 7.39. The number of ether oxygens (including phenoxy) is 1. The molecule has 2 heteroatoms. The Labute approximate surface area is 106 Å². The van der Waals surface area contributed by atoms with E-state index in [-0.39, 0.29) is 11.0 Å². The van der Waals surface area contributed by atoms with Gasteiger partial charge >= 0.3 is 0 Å². The molecular weight excluding hydrogens is 264 g/mol. The van der Waals surface area contributed by atoms with Crippen molar-refractivity contribution in [3.8, 4) is 0 Å². The Morgan fingerprint density at radius 1 is 1.12 bits per heavy atom. The molecule has 0 radical (unpaired) electrons. The van der Waals surface area contributed by atoms with E-state index < -0.39 is 0 Å². The van der Waals surface area contributed by atoms with E-state index in [0.29, 0.717) is 0 Å². The van der Waals surface area contributed by atoms with Crippen LogP contribution in [0, 0.1) is 0 Å². The Hall–Kier alpha value is -0.340. The maximum Gasteiger partial charge on any atom is 0.0903 e. The summed E-state index contributed by atoms with van der Waals surface area (Å²) in [7, 11) is 1.81. The van der Waals surface area contributed by atoms with Crippen molar-refractivity contribution in [1.29, 1.82) is 0 Å². The first kappa shape index (κ1) is 12.1. The number of halogens is 1. The van der Waals surface area contributed by atoms with Gasteiger partial charge in [0.05, 0.1) is 5.60 Å². The molecule has 0 spiro atoms.